The standard InChI is InChI=1S/C22H20N2O3/c1-15-12-21(25)23-19-8-4-5-9-20(19)24(15)22(26)14-27-18-11-10-16-6-2-3-7-17(16)13-18/h2-11,13,15H,12,14H2,1H3,(H,23,25)/t15-/m0/s1. The molecule has 0 aliphatic carbocycles. The van der Waals surface area contributed by atoms with E-state index in [9.17, 15) is 9.59 Å². The number of carbonyl (C=O) groups excluding carboxylic acids is 2. The minimum absolute atomic E-state index is 0.0921. The van der Waals surface area contributed by atoms with Crippen LogP contribution in [0, 0.1) is 0 Å². The molecule has 1 aliphatic rings. The smallest absolute Gasteiger partial charge is 0.265 e. The highest BCUT2D eigenvalue weighted by Gasteiger charge is 2.29. The quantitative estimate of drug-likeness (QED) is 0.768. The first-order valence-corrected chi connectivity index (χ1v) is 8.94. The van der Waals surface area contributed by atoms with Crippen molar-refractivity contribution in [2.24, 2.45) is 0 Å². The molecule has 0 spiro atoms. The number of hydrogen-bond acceptors (Lipinski definition) is 3. The van der Waals surface area contributed by atoms with E-state index >= 15 is 0 Å². The van der Waals surface area contributed by atoms with Crippen LogP contribution in [0.15, 0.2) is 66.7 Å². The van der Waals surface area contributed by atoms with Gasteiger partial charge in [0.2, 0.25) is 5.91 Å². The zero-order chi connectivity index (χ0) is 18.8. The summed E-state index contributed by atoms with van der Waals surface area (Å²) in [5.74, 6) is 0.368. The van der Waals surface area contributed by atoms with E-state index in [4.69, 9.17) is 4.74 Å². The topological polar surface area (TPSA) is 58.6 Å². The lowest BCUT2D eigenvalue weighted by Gasteiger charge is -2.27. The highest BCUT2D eigenvalue weighted by Crippen LogP contribution is 2.31. The van der Waals surface area contributed by atoms with Crippen molar-refractivity contribution in [2.45, 2.75) is 19.4 Å². The molecule has 1 atom stereocenters. The molecule has 0 unspecified atom stereocenters. The molecule has 136 valence electrons. The Morgan fingerprint density at radius 2 is 1.81 bits per heavy atom. The van der Waals surface area contributed by atoms with Crippen LogP contribution in [-0.4, -0.2) is 24.5 Å². The molecule has 0 radical (unpaired) electrons. The maximum Gasteiger partial charge on any atom is 0.265 e. The molecular weight excluding hydrogens is 340 g/mol. The van der Waals surface area contributed by atoms with Crippen LogP contribution in [-0.2, 0) is 9.59 Å². The summed E-state index contributed by atoms with van der Waals surface area (Å²) in [7, 11) is 0. The fraction of sp³-hybridized carbons (Fsp3) is 0.182. The number of hydrogen-bond donors (Lipinski definition) is 1. The van der Waals surface area contributed by atoms with Crippen LogP contribution in [0.5, 0.6) is 5.75 Å². The predicted molar refractivity (Wildman–Crippen MR) is 106 cm³/mol. The third kappa shape index (κ3) is 3.49. The summed E-state index contributed by atoms with van der Waals surface area (Å²) in [5.41, 5.74) is 1.34. The van der Waals surface area contributed by atoms with Crippen LogP contribution in [0.2, 0.25) is 0 Å². The number of rotatable bonds is 3. The molecule has 1 N–H and O–H groups in total. The van der Waals surface area contributed by atoms with Gasteiger partial charge in [0.25, 0.3) is 5.91 Å². The molecular formula is C22H20N2O3. The maximum absolute atomic E-state index is 12.9. The number of para-hydroxylation sites is 2. The molecule has 0 bridgehead atoms. The van der Waals surface area contributed by atoms with Crippen LogP contribution < -0.4 is 15.0 Å². The SMILES string of the molecule is C[C@H]1CC(=O)Nc2ccccc2N1C(=O)COc1ccc2ccccc2c1. The molecule has 2 amide bonds. The Hall–Kier alpha value is -3.34. The lowest BCUT2D eigenvalue weighted by molar-refractivity contribution is -0.121. The monoisotopic (exact) mass is 360 g/mol. The van der Waals surface area contributed by atoms with Crippen LogP contribution in [0.1, 0.15) is 13.3 Å². The van der Waals surface area contributed by atoms with Crippen molar-refractivity contribution in [2.75, 3.05) is 16.8 Å². The van der Waals surface area contributed by atoms with Crippen molar-refractivity contribution in [3.63, 3.8) is 0 Å². The number of benzene rings is 3. The largest absolute Gasteiger partial charge is 0.484 e. The van der Waals surface area contributed by atoms with Gasteiger partial charge in [0.05, 0.1) is 11.4 Å². The van der Waals surface area contributed by atoms with Gasteiger partial charge in [-0.3, -0.25) is 9.59 Å². The predicted octanol–water partition coefficient (Wildman–Crippen LogP) is 3.98. The summed E-state index contributed by atoms with van der Waals surface area (Å²) < 4.78 is 5.76. The van der Waals surface area contributed by atoms with E-state index in [1.165, 1.54) is 0 Å². The fourth-order valence-corrected chi connectivity index (χ4v) is 3.44. The molecule has 5 heteroatoms. The number of anilines is 2. The van der Waals surface area contributed by atoms with Crippen LogP contribution >= 0.6 is 0 Å². The zero-order valence-electron chi connectivity index (χ0n) is 15.0. The Morgan fingerprint density at radius 1 is 1.07 bits per heavy atom. The minimum atomic E-state index is -0.249. The third-order valence-electron chi connectivity index (χ3n) is 4.71. The number of nitrogens with one attached hydrogen (secondary N) is 1. The Kier molecular flexibility index (Phi) is 4.50. The van der Waals surface area contributed by atoms with E-state index in [0.717, 1.165) is 10.8 Å². The molecule has 1 heterocycles. The van der Waals surface area contributed by atoms with Crippen molar-refractivity contribution < 1.29 is 14.3 Å². The molecule has 1 aliphatic heterocycles. The Bertz CT molecular complexity index is 1020. The van der Waals surface area contributed by atoms with Crippen LogP contribution in [0.25, 0.3) is 10.8 Å². The molecule has 0 fully saturated rings. The summed E-state index contributed by atoms with van der Waals surface area (Å²) in [6, 6.07) is 20.8. The molecule has 4 rings (SSSR count). The first-order valence-electron chi connectivity index (χ1n) is 8.94. The molecule has 3 aromatic rings. The van der Waals surface area contributed by atoms with Gasteiger partial charge >= 0.3 is 0 Å². The van der Waals surface area contributed by atoms with Gasteiger partial charge in [-0.1, -0.05) is 42.5 Å². The zero-order valence-corrected chi connectivity index (χ0v) is 15.0. The van der Waals surface area contributed by atoms with Gasteiger partial charge in [-0.15, -0.1) is 0 Å². The van der Waals surface area contributed by atoms with E-state index in [2.05, 4.69) is 5.32 Å². The Morgan fingerprint density at radius 3 is 2.67 bits per heavy atom. The summed E-state index contributed by atoms with van der Waals surface area (Å²) in [6.07, 6.45) is 0.246. The number of nitrogens with zero attached hydrogens (tertiary/aromatic N) is 1. The third-order valence-corrected chi connectivity index (χ3v) is 4.71. The lowest BCUT2D eigenvalue weighted by Crippen LogP contribution is -2.41. The highest BCUT2D eigenvalue weighted by atomic mass is 16.5. The van der Waals surface area contributed by atoms with Crippen LogP contribution in [0.3, 0.4) is 0 Å². The molecule has 27 heavy (non-hydrogen) atoms. The second-order valence-electron chi connectivity index (χ2n) is 6.68. The van der Waals surface area contributed by atoms with E-state index in [0.29, 0.717) is 17.1 Å². The number of amides is 2. The molecule has 3 aromatic carbocycles. The first-order chi connectivity index (χ1) is 13.1. The second-order valence-corrected chi connectivity index (χ2v) is 6.68. The lowest BCUT2D eigenvalue weighted by atomic mass is 10.1. The van der Waals surface area contributed by atoms with Gasteiger partial charge < -0.3 is 15.0 Å². The van der Waals surface area contributed by atoms with Gasteiger partial charge in [-0.05, 0) is 42.0 Å². The molecule has 0 saturated heterocycles. The van der Waals surface area contributed by atoms with Gasteiger partial charge in [-0.25, -0.2) is 0 Å². The van der Waals surface area contributed by atoms with Crippen molar-refractivity contribution in [3.8, 4) is 5.75 Å². The van der Waals surface area contributed by atoms with Gasteiger partial charge in [0, 0.05) is 12.5 Å². The second kappa shape index (κ2) is 7.11. The summed E-state index contributed by atoms with van der Waals surface area (Å²) in [6.45, 7) is 1.78. The Labute approximate surface area is 157 Å². The average Bonchev–Trinajstić information content (AvgIpc) is 2.80. The highest BCUT2D eigenvalue weighted by molar-refractivity contribution is 6.04. The molecule has 0 saturated carbocycles. The van der Waals surface area contributed by atoms with Crippen molar-refractivity contribution in [1.82, 2.24) is 0 Å². The number of ether oxygens (including phenoxy) is 1. The Balaban J connectivity index is 1.55. The van der Waals surface area contributed by atoms with Gasteiger partial charge in [-0.2, -0.15) is 0 Å². The maximum atomic E-state index is 12.9. The van der Waals surface area contributed by atoms with Crippen molar-refractivity contribution in [1.29, 1.82) is 0 Å². The van der Waals surface area contributed by atoms with Gasteiger partial charge in [0.15, 0.2) is 6.61 Å². The van der Waals surface area contributed by atoms with Crippen molar-refractivity contribution in [3.05, 3.63) is 66.7 Å². The summed E-state index contributed by atoms with van der Waals surface area (Å²) in [4.78, 5) is 26.6. The molecule has 5 nitrogen and oxygen atoms in total. The van der Waals surface area contributed by atoms with Crippen molar-refractivity contribution >= 4 is 34.0 Å². The van der Waals surface area contributed by atoms with E-state index < -0.39 is 0 Å². The summed E-state index contributed by atoms with van der Waals surface area (Å²) >= 11 is 0. The van der Waals surface area contributed by atoms with Gasteiger partial charge in [0.1, 0.15) is 5.75 Å². The van der Waals surface area contributed by atoms with Crippen LogP contribution in [0.4, 0.5) is 11.4 Å². The van der Waals surface area contributed by atoms with E-state index in [-0.39, 0.29) is 30.9 Å². The normalized spacial score (nSPS) is 16.4. The van der Waals surface area contributed by atoms with E-state index in [1.54, 1.807) is 11.0 Å². The number of fused-ring (bicyclic) bond motifs is 2. The average molecular weight is 360 g/mol. The number of carbonyl (C=O) groups is 2. The minimum Gasteiger partial charge on any atom is -0.484 e. The molecule has 0 aromatic heterocycles. The fourth-order valence-electron chi connectivity index (χ4n) is 3.44. The first kappa shape index (κ1) is 17.1. The summed E-state index contributed by atoms with van der Waals surface area (Å²) in [5, 5.41) is 5.04. The van der Waals surface area contributed by atoms with E-state index in [1.807, 2.05) is 67.6 Å².